The van der Waals surface area contributed by atoms with Gasteiger partial charge in [0.2, 0.25) is 0 Å². The molecule has 3 heterocycles. The Morgan fingerprint density at radius 3 is 2.64 bits per heavy atom. The van der Waals surface area contributed by atoms with E-state index >= 15 is 0 Å². The van der Waals surface area contributed by atoms with Crippen molar-refractivity contribution < 1.29 is 4.39 Å². The second-order valence-corrected chi connectivity index (χ2v) is 6.87. The molecule has 2 aromatic heterocycles. The van der Waals surface area contributed by atoms with Crippen LogP contribution in [0, 0.1) is 5.82 Å². The highest BCUT2D eigenvalue weighted by Crippen LogP contribution is 2.18. The molecule has 4 nitrogen and oxygen atoms in total. The van der Waals surface area contributed by atoms with Gasteiger partial charge < -0.3 is 9.30 Å². The van der Waals surface area contributed by atoms with Crippen LogP contribution in [-0.4, -0.2) is 40.5 Å². The number of pyridine rings is 1. The molecule has 0 bridgehead atoms. The minimum absolute atomic E-state index is 0.188. The van der Waals surface area contributed by atoms with Crippen LogP contribution in [0.25, 0.3) is 5.65 Å². The van der Waals surface area contributed by atoms with Gasteiger partial charge in [-0.05, 0) is 42.8 Å². The van der Waals surface area contributed by atoms with Gasteiger partial charge >= 0.3 is 0 Å². The van der Waals surface area contributed by atoms with E-state index in [1.165, 1.54) is 12.1 Å². The van der Waals surface area contributed by atoms with Crippen LogP contribution in [0.5, 0.6) is 0 Å². The summed E-state index contributed by atoms with van der Waals surface area (Å²) in [4.78, 5) is 9.42. The number of rotatable bonds is 3. The average Bonchev–Trinajstić information content (AvgIpc) is 2.84. The molecule has 0 amide bonds. The third kappa shape index (κ3) is 3.78. The van der Waals surface area contributed by atoms with Gasteiger partial charge in [-0.15, -0.1) is 0 Å². The second kappa shape index (κ2) is 7.02. The van der Waals surface area contributed by atoms with Crippen molar-refractivity contribution in [2.75, 3.05) is 31.1 Å². The van der Waals surface area contributed by atoms with Gasteiger partial charge in [-0.3, -0.25) is 4.90 Å². The molecule has 1 fully saturated rings. The van der Waals surface area contributed by atoms with Crippen molar-refractivity contribution in [3.8, 4) is 0 Å². The number of hydrogen-bond acceptors (Lipinski definition) is 3. The van der Waals surface area contributed by atoms with E-state index in [9.17, 15) is 4.39 Å². The molecule has 1 saturated heterocycles. The molecule has 1 aliphatic rings. The van der Waals surface area contributed by atoms with E-state index in [0.29, 0.717) is 5.02 Å². The maximum Gasteiger partial charge on any atom is 0.137 e. The Bertz CT molecular complexity index is 861. The fourth-order valence-corrected chi connectivity index (χ4v) is 3.53. The normalized spacial score (nSPS) is 16.3. The molecule has 25 heavy (non-hydrogen) atoms. The molecule has 0 aliphatic carbocycles. The predicted octanol–water partition coefficient (Wildman–Crippen LogP) is 3.84. The first-order valence-electron chi connectivity index (χ1n) is 8.53. The Balaban J connectivity index is 1.42. The van der Waals surface area contributed by atoms with Crippen molar-refractivity contribution in [1.82, 2.24) is 14.3 Å². The molecule has 0 N–H and O–H groups in total. The SMILES string of the molecule is Fc1ccc(N2CCCN(Cc3cn4cc(Cl)ccc4n3)CC2)cc1. The lowest BCUT2D eigenvalue weighted by Crippen LogP contribution is -2.30. The quantitative estimate of drug-likeness (QED) is 0.710. The van der Waals surface area contributed by atoms with Crippen LogP contribution in [-0.2, 0) is 6.54 Å². The number of hydrogen-bond donors (Lipinski definition) is 0. The van der Waals surface area contributed by atoms with Crippen LogP contribution in [0.15, 0.2) is 48.8 Å². The zero-order valence-corrected chi connectivity index (χ0v) is 14.7. The van der Waals surface area contributed by atoms with Crippen LogP contribution >= 0.6 is 11.6 Å². The first-order chi connectivity index (χ1) is 12.2. The molecule has 1 aliphatic heterocycles. The summed E-state index contributed by atoms with van der Waals surface area (Å²) in [6.45, 7) is 4.75. The summed E-state index contributed by atoms with van der Waals surface area (Å²) in [5, 5.41) is 0.709. The molecule has 0 saturated carbocycles. The first kappa shape index (κ1) is 16.4. The molecule has 3 aromatic rings. The molecule has 0 radical (unpaired) electrons. The summed E-state index contributed by atoms with van der Waals surface area (Å²) in [5.74, 6) is -0.188. The van der Waals surface area contributed by atoms with Crippen molar-refractivity contribution in [3.05, 3.63) is 65.3 Å². The van der Waals surface area contributed by atoms with Crippen LogP contribution < -0.4 is 4.90 Å². The van der Waals surface area contributed by atoms with E-state index in [0.717, 1.165) is 56.2 Å². The molecule has 0 atom stereocenters. The van der Waals surface area contributed by atoms with Crippen molar-refractivity contribution in [2.45, 2.75) is 13.0 Å². The van der Waals surface area contributed by atoms with Gasteiger partial charge in [-0.1, -0.05) is 11.6 Å². The van der Waals surface area contributed by atoms with Crippen LogP contribution in [0.4, 0.5) is 10.1 Å². The monoisotopic (exact) mass is 358 g/mol. The number of halogens is 2. The number of anilines is 1. The Morgan fingerprint density at radius 1 is 0.960 bits per heavy atom. The third-order valence-electron chi connectivity index (χ3n) is 4.63. The Labute approximate surface area is 151 Å². The highest BCUT2D eigenvalue weighted by molar-refractivity contribution is 6.30. The predicted molar refractivity (Wildman–Crippen MR) is 98.7 cm³/mol. The molecule has 0 spiro atoms. The van der Waals surface area contributed by atoms with Gasteiger partial charge in [0.05, 0.1) is 10.7 Å². The van der Waals surface area contributed by atoms with E-state index in [1.807, 2.05) is 41.1 Å². The molecule has 6 heteroatoms. The summed E-state index contributed by atoms with van der Waals surface area (Å²) < 4.78 is 15.1. The summed E-state index contributed by atoms with van der Waals surface area (Å²) in [6, 6.07) is 10.6. The van der Waals surface area contributed by atoms with Gasteiger partial charge in [0, 0.05) is 50.8 Å². The molecule has 130 valence electrons. The van der Waals surface area contributed by atoms with Crippen molar-refractivity contribution in [3.63, 3.8) is 0 Å². The lowest BCUT2D eigenvalue weighted by atomic mass is 10.2. The van der Waals surface area contributed by atoms with Gasteiger partial charge in [0.25, 0.3) is 0 Å². The molecular formula is C19H20ClFN4. The first-order valence-corrected chi connectivity index (χ1v) is 8.91. The van der Waals surface area contributed by atoms with E-state index in [4.69, 9.17) is 11.6 Å². The highest BCUT2D eigenvalue weighted by Gasteiger charge is 2.16. The zero-order valence-electron chi connectivity index (χ0n) is 13.9. The van der Waals surface area contributed by atoms with Gasteiger partial charge in [0.1, 0.15) is 11.5 Å². The lowest BCUT2D eigenvalue weighted by molar-refractivity contribution is 0.282. The van der Waals surface area contributed by atoms with Crippen LogP contribution in [0.2, 0.25) is 5.02 Å². The molecule has 1 aromatic carbocycles. The second-order valence-electron chi connectivity index (χ2n) is 6.44. The summed E-state index contributed by atoms with van der Waals surface area (Å²) in [5.41, 5.74) is 3.06. The van der Waals surface area contributed by atoms with Crippen LogP contribution in [0.3, 0.4) is 0 Å². The van der Waals surface area contributed by atoms with Gasteiger partial charge in [0.15, 0.2) is 0 Å². The van der Waals surface area contributed by atoms with Gasteiger partial charge in [-0.2, -0.15) is 0 Å². The number of nitrogens with zero attached hydrogens (tertiary/aromatic N) is 4. The van der Waals surface area contributed by atoms with Gasteiger partial charge in [-0.25, -0.2) is 9.37 Å². The largest absolute Gasteiger partial charge is 0.370 e. The number of aromatic nitrogens is 2. The van der Waals surface area contributed by atoms with E-state index < -0.39 is 0 Å². The Hall–Kier alpha value is -2.11. The van der Waals surface area contributed by atoms with Crippen molar-refractivity contribution >= 4 is 22.9 Å². The van der Waals surface area contributed by atoms with E-state index in [-0.39, 0.29) is 5.82 Å². The standard InChI is InChI=1S/C19H20ClFN4/c20-15-2-7-19-22-17(14-25(19)12-15)13-23-8-1-9-24(11-10-23)18-5-3-16(21)4-6-18/h2-7,12,14H,1,8-11,13H2. The number of imidazole rings is 1. The third-order valence-corrected chi connectivity index (χ3v) is 4.85. The Morgan fingerprint density at radius 2 is 1.80 bits per heavy atom. The lowest BCUT2D eigenvalue weighted by Gasteiger charge is -2.23. The van der Waals surface area contributed by atoms with Crippen molar-refractivity contribution in [1.29, 1.82) is 0 Å². The Kier molecular flexibility index (Phi) is 4.59. The average molecular weight is 359 g/mol. The van der Waals surface area contributed by atoms with Crippen LogP contribution in [0.1, 0.15) is 12.1 Å². The smallest absolute Gasteiger partial charge is 0.137 e. The fourth-order valence-electron chi connectivity index (χ4n) is 3.36. The van der Waals surface area contributed by atoms with E-state index in [2.05, 4.69) is 14.8 Å². The molecule has 4 rings (SSSR count). The molecule has 0 unspecified atom stereocenters. The summed E-state index contributed by atoms with van der Waals surface area (Å²) >= 11 is 6.04. The fraction of sp³-hybridized carbons (Fsp3) is 0.316. The molecular weight excluding hydrogens is 339 g/mol. The van der Waals surface area contributed by atoms with E-state index in [1.54, 1.807) is 0 Å². The van der Waals surface area contributed by atoms with Crippen molar-refractivity contribution in [2.24, 2.45) is 0 Å². The number of benzene rings is 1. The summed E-state index contributed by atoms with van der Waals surface area (Å²) in [7, 11) is 0. The number of fused-ring (bicyclic) bond motifs is 1. The maximum absolute atomic E-state index is 13.1. The summed E-state index contributed by atoms with van der Waals surface area (Å²) in [6.07, 6.45) is 5.01. The minimum atomic E-state index is -0.188. The minimum Gasteiger partial charge on any atom is -0.370 e. The zero-order chi connectivity index (χ0) is 17.2. The topological polar surface area (TPSA) is 23.8 Å². The maximum atomic E-state index is 13.1. The highest BCUT2D eigenvalue weighted by atomic mass is 35.5.